The number of rotatable bonds is 7. The zero-order valence-corrected chi connectivity index (χ0v) is 19.2. The van der Waals surface area contributed by atoms with Gasteiger partial charge in [-0.3, -0.25) is 9.59 Å². The van der Waals surface area contributed by atoms with Crippen molar-refractivity contribution < 1.29 is 14.3 Å². The molecule has 5 nitrogen and oxygen atoms in total. The van der Waals surface area contributed by atoms with E-state index in [1.165, 1.54) is 0 Å². The molecule has 0 saturated carbocycles. The summed E-state index contributed by atoms with van der Waals surface area (Å²) in [5.74, 6) is 0.520. The highest BCUT2D eigenvalue weighted by molar-refractivity contribution is 5.88. The van der Waals surface area contributed by atoms with E-state index < -0.39 is 6.04 Å². The molecule has 5 heteroatoms. The predicted octanol–water partition coefficient (Wildman–Crippen LogP) is 4.19. The number of carbonyl (C=O) groups is 2. The normalized spacial score (nSPS) is 12.2. The molecule has 2 aromatic carbocycles. The minimum atomic E-state index is -0.594. The Morgan fingerprint density at radius 1 is 1.07 bits per heavy atom. The summed E-state index contributed by atoms with van der Waals surface area (Å²) in [5.41, 5.74) is 3.75. The number of hydrogen-bond acceptors (Lipinski definition) is 3. The molecule has 30 heavy (non-hydrogen) atoms. The molecule has 0 heterocycles. The van der Waals surface area contributed by atoms with Gasteiger partial charge in [-0.1, -0.05) is 35.9 Å². The number of ether oxygens (including phenoxy) is 1. The maximum Gasteiger partial charge on any atom is 0.242 e. The lowest BCUT2D eigenvalue weighted by Gasteiger charge is -2.31. The molecule has 0 fully saturated rings. The predicted molar refractivity (Wildman–Crippen MR) is 121 cm³/mol. The van der Waals surface area contributed by atoms with Gasteiger partial charge in [-0.25, -0.2) is 0 Å². The van der Waals surface area contributed by atoms with Gasteiger partial charge in [0.05, 0.1) is 13.5 Å². The first kappa shape index (κ1) is 23.5. The second kappa shape index (κ2) is 9.79. The largest absolute Gasteiger partial charge is 0.497 e. The molecule has 1 unspecified atom stereocenters. The Bertz CT molecular complexity index is 882. The van der Waals surface area contributed by atoms with Gasteiger partial charge in [-0.2, -0.15) is 0 Å². The molecule has 162 valence electrons. The van der Waals surface area contributed by atoms with Gasteiger partial charge in [-0.05, 0) is 70.4 Å². The van der Waals surface area contributed by atoms with Crippen LogP contribution in [0.4, 0.5) is 0 Å². The number of nitrogens with one attached hydrogen (secondary N) is 1. The molecule has 0 bridgehead atoms. The number of nitrogens with zero attached hydrogens (tertiary/aromatic N) is 1. The fraction of sp³-hybridized carbons (Fsp3) is 0.440. The van der Waals surface area contributed by atoms with Crippen LogP contribution in [0.3, 0.4) is 0 Å². The number of aryl methyl sites for hydroxylation is 2. The van der Waals surface area contributed by atoms with Crippen molar-refractivity contribution in [3.8, 4) is 5.75 Å². The second-order valence-corrected chi connectivity index (χ2v) is 8.89. The molecule has 0 radical (unpaired) electrons. The maximum absolute atomic E-state index is 13.3. The van der Waals surface area contributed by atoms with Crippen molar-refractivity contribution in [1.82, 2.24) is 10.2 Å². The first-order chi connectivity index (χ1) is 14.0. The van der Waals surface area contributed by atoms with Crippen LogP contribution < -0.4 is 10.1 Å². The SMILES string of the molecule is COc1ccc(CN(C(=O)Cc2cc(C)ccc2C)C(C)C(=O)NC(C)(C)C)cc1. The molecule has 0 spiro atoms. The van der Waals surface area contributed by atoms with Gasteiger partial charge >= 0.3 is 0 Å². The van der Waals surface area contributed by atoms with Crippen molar-refractivity contribution in [1.29, 1.82) is 0 Å². The van der Waals surface area contributed by atoms with E-state index in [-0.39, 0.29) is 23.8 Å². The first-order valence-corrected chi connectivity index (χ1v) is 10.3. The van der Waals surface area contributed by atoms with Crippen LogP contribution in [0.15, 0.2) is 42.5 Å². The van der Waals surface area contributed by atoms with Gasteiger partial charge in [0.15, 0.2) is 0 Å². The smallest absolute Gasteiger partial charge is 0.242 e. The summed E-state index contributed by atoms with van der Waals surface area (Å²) < 4.78 is 5.22. The molecular weight excluding hydrogens is 376 g/mol. The van der Waals surface area contributed by atoms with E-state index in [4.69, 9.17) is 4.74 Å². The highest BCUT2D eigenvalue weighted by Crippen LogP contribution is 2.18. The quantitative estimate of drug-likeness (QED) is 0.745. The molecule has 1 atom stereocenters. The maximum atomic E-state index is 13.3. The monoisotopic (exact) mass is 410 g/mol. The number of carbonyl (C=O) groups excluding carboxylic acids is 2. The highest BCUT2D eigenvalue weighted by atomic mass is 16.5. The minimum Gasteiger partial charge on any atom is -0.497 e. The molecule has 0 aromatic heterocycles. The number of methoxy groups -OCH3 is 1. The van der Waals surface area contributed by atoms with Crippen LogP contribution in [-0.4, -0.2) is 35.4 Å². The van der Waals surface area contributed by atoms with Crippen molar-refractivity contribution in [2.75, 3.05) is 7.11 Å². The molecule has 0 aliphatic carbocycles. The second-order valence-electron chi connectivity index (χ2n) is 8.89. The summed E-state index contributed by atoms with van der Waals surface area (Å²) in [6, 6.07) is 13.1. The van der Waals surface area contributed by atoms with Crippen molar-refractivity contribution in [3.63, 3.8) is 0 Å². The summed E-state index contributed by atoms with van der Waals surface area (Å²) >= 11 is 0. The Kier molecular flexibility index (Phi) is 7.65. The Morgan fingerprint density at radius 2 is 1.70 bits per heavy atom. The van der Waals surface area contributed by atoms with E-state index >= 15 is 0 Å². The van der Waals surface area contributed by atoms with Crippen molar-refractivity contribution in [2.45, 2.75) is 66.1 Å². The lowest BCUT2D eigenvalue weighted by Crippen LogP contribution is -2.52. The fourth-order valence-electron chi connectivity index (χ4n) is 3.24. The zero-order valence-electron chi connectivity index (χ0n) is 19.2. The Balaban J connectivity index is 2.29. The van der Waals surface area contributed by atoms with E-state index in [0.717, 1.165) is 28.0 Å². The van der Waals surface area contributed by atoms with E-state index in [0.29, 0.717) is 6.54 Å². The average Bonchev–Trinajstić information content (AvgIpc) is 2.67. The van der Waals surface area contributed by atoms with Gasteiger partial charge < -0.3 is 15.0 Å². The van der Waals surface area contributed by atoms with Crippen LogP contribution in [0.5, 0.6) is 5.75 Å². The molecule has 1 N–H and O–H groups in total. The van der Waals surface area contributed by atoms with Crippen LogP contribution in [0.1, 0.15) is 49.9 Å². The topological polar surface area (TPSA) is 58.6 Å². The van der Waals surface area contributed by atoms with Gasteiger partial charge in [0, 0.05) is 12.1 Å². The van der Waals surface area contributed by atoms with Gasteiger partial charge in [0.1, 0.15) is 11.8 Å². The molecule has 0 aliphatic heterocycles. The Labute approximate surface area is 180 Å². The molecule has 2 rings (SSSR count). The van der Waals surface area contributed by atoms with E-state index in [9.17, 15) is 9.59 Å². The van der Waals surface area contributed by atoms with Crippen molar-refractivity contribution in [2.24, 2.45) is 0 Å². The standard InChI is InChI=1S/C25H34N2O3/c1-17-8-9-18(2)21(14-17)15-23(28)27(19(3)24(29)26-25(4,5)6)16-20-10-12-22(30-7)13-11-20/h8-14,19H,15-16H2,1-7H3,(H,26,29). The Morgan fingerprint density at radius 3 is 2.27 bits per heavy atom. The summed E-state index contributed by atoms with van der Waals surface area (Å²) in [6.45, 7) is 12.0. The van der Waals surface area contributed by atoms with E-state index in [1.807, 2.05) is 77.1 Å². The third-order valence-corrected chi connectivity index (χ3v) is 5.02. The van der Waals surface area contributed by atoms with Crippen molar-refractivity contribution in [3.05, 3.63) is 64.7 Å². The van der Waals surface area contributed by atoms with Crippen LogP contribution >= 0.6 is 0 Å². The fourth-order valence-corrected chi connectivity index (χ4v) is 3.24. The van der Waals surface area contributed by atoms with E-state index in [1.54, 1.807) is 18.9 Å². The molecule has 2 amide bonds. The van der Waals surface area contributed by atoms with Crippen molar-refractivity contribution >= 4 is 11.8 Å². The Hall–Kier alpha value is -2.82. The molecule has 2 aromatic rings. The van der Waals surface area contributed by atoms with E-state index in [2.05, 4.69) is 5.32 Å². The first-order valence-electron chi connectivity index (χ1n) is 10.3. The zero-order chi connectivity index (χ0) is 22.5. The minimum absolute atomic E-state index is 0.0731. The molecular formula is C25H34N2O3. The van der Waals surface area contributed by atoms with Crippen LogP contribution in [0.25, 0.3) is 0 Å². The number of hydrogen-bond donors (Lipinski definition) is 1. The lowest BCUT2D eigenvalue weighted by atomic mass is 10.0. The van der Waals surface area contributed by atoms with Gasteiger partial charge in [0.25, 0.3) is 0 Å². The van der Waals surface area contributed by atoms with Gasteiger partial charge in [0.2, 0.25) is 11.8 Å². The van der Waals surface area contributed by atoms with Crippen LogP contribution in [-0.2, 0) is 22.6 Å². The third-order valence-electron chi connectivity index (χ3n) is 5.02. The highest BCUT2D eigenvalue weighted by Gasteiger charge is 2.28. The summed E-state index contributed by atoms with van der Waals surface area (Å²) in [6.07, 6.45) is 0.261. The lowest BCUT2D eigenvalue weighted by molar-refractivity contribution is -0.140. The van der Waals surface area contributed by atoms with Crippen LogP contribution in [0, 0.1) is 13.8 Å². The summed E-state index contributed by atoms with van der Waals surface area (Å²) in [4.78, 5) is 27.8. The summed E-state index contributed by atoms with van der Waals surface area (Å²) in [7, 11) is 1.62. The molecule has 0 aliphatic rings. The summed E-state index contributed by atoms with van der Waals surface area (Å²) in [5, 5.41) is 2.99. The van der Waals surface area contributed by atoms with Gasteiger partial charge in [-0.15, -0.1) is 0 Å². The van der Waals surface area contributed by atoms with Crippen LogP contribution in [0.2, 0.25) is 0 Å². The molecule has 0 saturated heterocycles. The number of benzene rings is 2. The number of amides is 2. The third kappa shape index (κ3) is 6.61. The average molecular weight is 411 g/mol.